The minimum absolute atomic E-state index is 0.292. The Bertz CT molecular complexity index is 436. The molecular formula is C8H5BrOS2. The fraction of sp³-hybridized carbons (Fsp3) is 0. The Morgan fingerprint density at radius 2 is 2.17 bits per heavy atom. The van der Waals surface area contributed by atoms with Gasteiger partial charge in [0, 0.05) is 15.0 Å². The van der Waals surface area contributed by atoms with Crippen LogP contribution in [0, 0.1) is 0 Å². The molecule has 2 rings (SSSR count). The predicted molar refractivity (Wildman–Crippen MR) is 58.4 cm³/mol. The molecule has 0 aliphatic heterocycles. The van der Waals surface area contributed by atoms with Gasteiger partial charge in [0.15, 0.2) is 0 Å². The third-order valence-electron chi connectivity index (χ3n) is 1.63. The molecule has 1 heterocycles. The normalized spacial score (nSPS) is 10.8. The van der Waals surface area contributed by atoms with Gasteiger partial charge in [-0.2, -0.15) is 0 Å². The van der Waals surface area contributed by atoms with Crippen LogP contribution < -0.4 is 0 Å². The molecule has 62 valence electrons. The maximum atomic E-state index is 9.59. The van der Waals surface area contributed by atoms with Crippen LogP contribution in [-0.4, -0.2) is 5.11 Å². The third kappa shape index (κ3) is 1.14. The van der Waals surface area contributed by atoms with E-state index in [2.05, 4.69) is 28.6 Å². The lowest BCUT2D eigenvalue weighted by Crippen LogP contribution is -1.67. The van der Waals surface area contributed by atoms with Crippen LogP contribution in [0.15, 0.2) is 26.9 Å². The van der Waals surface area contributed by atoms with Gasteiger partial charge in [-0.1, -0.05) is 6.07 Å². The van der Waals surface area contributed by atoms with Gasteiger partial charge >= 0.3 is 0 Å². The maximum Gasteiger partial charge on any atom is 0.149 e. The van der Waals surface area contributed by atoms with Crippen LogP contribution in [0.2, 0.25) is 0 Å². The van der Waals surface area contributed by atoms with Crippen LogP contribution in [0.4, 0.5) is 0 Å². The molecule has 1 nitrogen and oxygen atoms in total. The van der Waals surface area contributed by atoms with Crippen molar-refractivity contribution < 1.29 is 5.11 Å². The van der Waals surface area contributed by atoms with Gasteiger partial charge in [-0.3, -0.25) is 0 Å². The monoisotopic (exact) mass is 260 g/mol. The minimum atomic E-state index is 0.292. The van der Waals surface area contributed by atoms with Gasteiger partial charge < -0.3 is 5.11 Å². The van der Waals surface area contributed by atoms with Crippen LogP contribution in [0.1, 0.15) is 0 Å². The zero-order valence-corrected chi connectivity index (χ0v) is 9.21. The summed E-state index contributed by atoms with van der Waals surface area (Å²) >= 11 is 9.05. The van der Waals surface area contributed by atoms with E-state index in [-0.39, 0.29) is 0 Å². The fourth-order valence-corrected chi connectivity index (χ4v) is 3.04. The highest BCUT2D eigenvalue weighted by Gasteiger charge is 2.10. The molecule has 4 heteroatoms. The van der Waals surface area contributed by atoms with Gasteiger partial charge in [-0.15, -0.1) is 24.0 Å². The molecule has 0 radical (unpaired) electrons. The Kier molecular flexibility index (Phi) is 2.06. The predicted octanol–water partition coefficient (Wildman–Crippen LogP) is 3.66. The minimum Gasteiger partial charge on any atom is -0.505 e. The summed E-state index contributed by atoms with van der Waals surface area (Å²) in [6.45, 7) is 0. The summed E-state index contributed by atoms with van der Waals surface area (Å²) in [4.78, 5) is 0.812. The topological polar surface area (TPSA) is 20.2 Å². The summed E-state index contributed by atoms with van der Waals surface area (Å²) in [5.74, 6) is 0.292. The molecule has 1 aromatic carbocycles. The number of fused-ring (bicyclic) bond motifs is 1. The number of hydrogen-bond donors (Lipinski definition) is 2. The molecule has 12 heavy (non-hydrogen) atoms. The number of thiophene rings is 1. The van der Waals surface area contributed by atoms with E-state index in [1.807, 2.05) is 18.2 Å². The summed E-state index contributed by atoms with van der Waals surface area (Å²) in [5.41, 5.74) is 0. The van der Waals surface area contributed by atoms with Crippen LogP contribution in [-0.2, 0) is 0 Å². The summed E-state index contributed by atoms with van der Waals surface area (Å²) in [5, 5.41) is 10.4. The molecule has 0 saturated carbocycles. The molecule has 1 aromatic heterocycles. The van der Waals surface area contributed by atoms with E-state index < -0.39 is 0 Å². The average molecular weight is 261 g/mol. The quantitative estimate of drug-likeness (QED) is 0.693. The van der Waals surface area contributed by atoms with Gasteiger partial charge in [0.05, 0.1) is 0 Å². The highest BCUT2D eigenvalue weighted by molar-refractivity contribution is 9.11. The third-order valence-corrected chi connectivity index (χ3v) is 3.79. The molecule has 0 saturated heterocycles. The molecule has 0 spiro atoms. The van der Waals surface area contributed by atoms with Gasteiger partial charge in [0.1, 0.15) is 9.54 Å². The van der Waals surface area contributed by atoms with E-state index in [9.17, 15) is 5.11 Å². The summed E-state index contributed by atoms with van der Waals surface area (Å²) in [6.07, 6.45) is 0. The number of halogens is 1. The first kappa shape index (κ1) is 8.41. The fourth-order valence-electron chi connectivity index (χ4n) is 1.09. The van der Waals surface area contributed by atoms with Crippen molar-refractivity contribution in [3.8, 4) is 5.75 Å². The lowest BCUT2D eigenvalue weighted by atomic mass is 10.2. The average Bonchev–Trinajstić information content (AvgIpc) is 2.29. The van der Waals surface area contributed by atoms with E-state index in [0.29, 0.717) is 5.75 Å². The Labute approximate surface area is 87.6 Å². The van der Waals surface area contributed by atoms with E-state index in [1.165, 1.54) is 11.3 Å². The summed E-state index contributed by atoms with van der Waals surface area (Å²) < 4.78 is 1.81. The number of aromatic hydroxyl groups is 1. The number of hydrogen-bond acceptors (Lipinski definition) is 3. The molecular weight excluding hydrogens is 256 g/mol. The molecule has 0 amide bonds. The van der Waals surface area contributed by atoms with E-state index in [0.717, 1.165) is 18.8 Å². The van der Waals surface area contributed by atoms with Crippen LogP contribution >= 0.6 is 39.9 Å². The number of rotatable bonds is 0. The summed E-state index contributed by atoms with van der Waals surface area (Å²) in [6, 6.07) is 5.75. The van der Waals surface area contributed by atoms with Crippen molar-refractivity contribution in [2.24, 2.45) is 0 Å². The molecule has 0 bridgehead atoms. The zero-order valence-electron chi connectivity index (χ0n) is 5.91. The molecule has 1 N–H and O–H groups in total. The van der Waals surface area contributed by atoms with Crippen molar-refractivity contribution >= 4 is 50.0 Å². The second-order valence-corrected chi connectivity index (χ2v) is 5.23. The SMILES string of the molecule is Oc1c(Br)sc2cccc(S)c12. The van der Waals surface area contributed by atoms with Crippen LogP contribution in [0.25, 0.3) is 10.1 Å². The van der Waals surface area contributed by atoms with Crippen molar-refractivity contribution in [3.05, 3.63) is 22.0 Å². The first-order chi connectivity index (χ1) is 5.70. The summed E-state index contributed by atoms with van der Waals surface area (Å²) in [7, 11) is 0. The van der Waals surface area contributed by atoms with Crippen molar-refractivity contribution in [1.29, 1.82) is 0 Å². The van der Waals surface area contributed by atoms with Crippen molar-refractivity contribution in [1.82, 2.24) is 0 Å². The first-order valence-corrected chi connectivity index (χ1v) is 5.35. The highest BCUT2D eigenvalue weighted by Crippen LogP contribution is 2.43. The van der Waals surface area contributed by atoms with Crippen LogP contribution in [0.5, 0.6) is 5.75 Å². The standard InChI is InChI=1S/C8H5BrOS2/c9-8-7(10)6-4(11)2-1-3-5(6)12-8/h1-3,10-11H. The van der Waals surface area contributed by atoms with Crippen molar-refractivity contribution in [2.45, 2.75) is 4.90 Å². The smallest absolute Gasteiger partial charge is 0.149 e. The Hall–Kier alpha value is -0.190. The second kappa shape index (κ2) is 2.94. The maximum absolute atomic E-state index is 9.59. The van der Waals surface area contributed by atoms with Gasteiger partial charge in [-0.25, -0.2) is 0 Å². The number of thiol groups is 1. The largest absolute Gasteiger partial charge is 0.505 e. The molecule has 0 unspecified atom stereocenters. The zero-order chi connectivity index (χ0) is 8.72. The van der Waals surface area contributed by atoms with E-state index in [1.54, 1.807) is 0 Å². The molecule has 0 aliphatic carbocycles. The van der Waals surface area contributed by atoms with Gasteiger partial charge in [0.2, 0.25) is 0 Å². The van der Waals surface area contributed by atoms with Gasteiger partial charge in [0.25, 0.3) is 0 Å². The number of benzene rings is 1. The van der Waals surface area contributed by atoms with Gasteiger partial charge in [-0.05, 0) is 28.1 Å². The Balaban J connectivity index is 2.97. The van der Waals surface area contributed by atoms with E-state index in [4.69, 9.17) is 0 Å². The first-order valence-electron chi connectivity index (χ1n) is 3.29. The lowest BCUT2D eigenvalue weighted by molar-refractivity contribution is 0.480. The second-order valence-electron chi connectivity index (χ2n) is 2.37. The van der Waals surface area contributed by atoms with E-state index >= 15 is 0 Å². The molecule has 2 aromatic rings. The van der Waals surface area contributed by atoms with Crippen molar-refractivity contribution in [2.75, 3.05) is 0 Å². The highest BCUT2D eigenvalue weighted by atomic mass is 79.9. The van der Waals surface area contributed by atoms with Crippen LogP contribution in [0.3, 0.4) is 0 Å². The Morgan fingerprint density at radius 3 is 2.83 bits per heavy atom. The molecule has 0 atom stereocenters. The Morgan fingerprint density at radius 1 is 1.42 bits per heavy atom. The lowest BCUT2D eigenvalue weighted by Gasteiger charge is -1.93. The molecule has 0 fully saturated rings. The van der Waals surface area contributed by atoms with Crippen molar-refractivity contribution in [3.63, 3.8) is 0 Å². The molecule has 0 aliphatic rings.